The number of piperidine rings is 1. The van der Waals surface area contributed by atoms with Gasteiger partial charge in [-0.1, -0.05) is 36.4 Å². The average molecular weight is 391 g/mol. The molecule has 1 aliphatic carbocycles. The van der Waals surface area contributed by atoms with Crippen molar-refractivity contribution in [3.05, 3.63) is 65.2 Å². The van der Waals surface area contributed by atoms with Gasteiger partial charge in [-0.15, -0.1) is 0 Å². The summed E-state index contributed by atoms with van der Waals surface area (Å²) < 4.78 is 0. The molecule has 2 aliphatic rings. The van der Waals surface area contributed by atoms with Gasteiger partial charge >= 0.3 is 0 Å². The van der Waals surface area contributed by atoms with E-state index in [1.54, 1.807) is 0 Å². The minimum Gasteiger partial charge on any atom is -0.342 e. The Labute approximate surface area is 173 Å². The summed E-state index contributed by atoms with van der Waals surface area (Å²) in [5, 5.41) is 3.00. The third kappa shape index (κ3) is 4.87. The Morgan fingerprint density at radius 2 is 1.62 bits per heavy atom. The number of rotatable bonds is 5. The zero-order valence-corrected chi connectivity index (χ0v) is 17.4. The fraction of sp³-hybridized carbons (Fsp3) is 0.440. The van der Waals surface area contributed by atoms with E-state index in [9.17, 15) is 9.59 Å². The summed E-state index contributed by atoms with van der Waals surface area (Å²) in [5.41, 5.74) is 4.46. The van der Waals surface area contributed by atoms with E-state index in [4.69, 9.17) is 0 Å². The van der Waals surface area contributed by atoms with Crippen molar-refractivity contribution < 1.29 is 9.59 Å². The fourth-order valence-electron chi connectivity index (χ4n) is 4.58. The highest BCUT2D eigenvalue weighted by Crippen LogP contribution is 2.41. The minimum absolute atomic E-state index is 0.0210. The Hall–Kier alpha value is -2.62. The van der Waals surface area contributed by atoms with Gasteiger partial charge in [0, 0.05) is 18.8 Å². The van der Waals surface area contributed by atoms with Gasteiger partial charge in [0.2, 0.25) is 11.8 Å². The molecule has 29 heavy (non-hydrogen) atoms. The van der Waals surface area contributed by atoms with Crippen LogP contribution in [0.15, 0.2) is 48.5 Å². The number of hydrogen-bond donors (Lipinski definition) is 1. The van der Waals surface area contributed by atoms with Crippen molar-refractivity contribution >= 4 is 17.5 Å². The van der Waals surface area contributed by atoms with Crippen LogP contribution in [0.1, 0.15) is 36.0 Å². The quantitative estimate of drug-likeness (QED) is 0.825. The van der Waals surface area contributed by atoms with Crippen LogP contribution in [0, 0.1) is 31.6 Å². The highest BCUT2D eigenvalue weighted by Gasteiger charge is 2.49. The van der Waals surface area contributed by atoms with Gasteiger partial charge in [-0.3, -0.25) is 9.59 Å². The van der Waals surface area contributed by atoms with Gasteiger partial charge in [-0.2, -0.15) is 0 Å². The molecule has 2 atom stereocenters. The van der Waals surface area contributed by atoms with Crippen molar-refractivity contribution in [2.75, 3.05) is 18.4 Å². The number of carbonyl (C=O) groups is 2. The molecule has 4 nitrogen and oxygen atoms in total. The number of likely N-dealkylation sites (tertiary alicyclic amines) is 1. The van der Waals surface area contributed by atoms with Crippen molar-refractivity contribution in [1.29, 1.82) is 0 Å². The topological polar surface area (TPSA) is 49.4 Å². The highest BCUT2D eigenvalue weighted by atomic mass is 16.2. The highest BCUT2D eigenvalue weighted by molar-refractivity contribution is 5.99. The first-order chi connectivity index (χ1) is 14.0. The predicted molar refractivity (Wildman–Crippen MR) is 116 cm³/mol. The molecule has 4 heteroatoms. The van der Waals surface area contributed by atoms with Crippen LogP contribution < -0.4 is 5.32 Å². The van der Waals surface area contributed by atoms with Crippen LogP contribution in [0.25, 0.3) is 0 Å². The number of carbonyl (C=O) groups excluding carboxylic acids is 2. The first-order valence-electron chi connectivity index (χ1n) is 10.7. The zero-order valence-electron chi connectivity index (χ0n) is 17.4. The molecule has 1 N–H and O–H groups in total. The maximum absolute atomic E-state index is 12.8. The molecule has 4 rings (SSSR count). The van der Waals surface area contributed by atoms with Gasteiger partial charge in [-0.05, 0) is 74.3 Å². The van der Waals surface area contributed by atoms with Crippen molar-refractivity contribution in [2.24, 2.45) is 17.8 Å². The summed E-state index contributed by atoms with van der Waals surface area (Å²) in [6.45, 7) is 5.68. The van der Waals surface area contributed by atoms with Gasteiger partial charge in [0.15, 0.2) is 0 Å². The molecule has 152 valence electrons. The molecule has 2 unspecified atom stereocenters. The lowest BCUT2D eigenvalue weighted by Gasteiger charge is -2.32. The van der Waals surface area contributed by atoms with Crippen LogP contribution in [0.2, 0.25) is 0 Å². The predicted octanol–water partition coefficient (Wildman–Crippen LogP) is 4.36. The molecule has 0 aromatic heterocycles. The lowest BCUT2D eigenvalue weighted by atomic mass is 9.90. The molecule has 1 saturated heterocycles. The monoisotopic (exact) mass is 390 g/mol. The number of benzene rings is 2. The van der Waals surface area contributed by atoms with E-state index in [1.807, 2.05) is 36.9 Å². The van der Waals surface area contributed by atoms with E-state index in [1.165, 1.54) is 5.56 Å². The van der Waals surface area contributed by atoms with E-state index in [2.05, 4.69) is 35.6 Å². The largest absolute Gasteiger partial charge is 0.342 e. The van der Waals surface area contributed by atoms with Crippen molar-refractivity contribution in [3.8, 4) is 0 Å². The summed E-state index contributed by atoms with van der Waals surface area (Å²) >= 11 is 0. The van der Waals surface area contributed by atoms with Gasteiger partial charge in [0.1, 0.15) is 0 Å². The number of nitrogens with one attached hydrogen (secondary N) is 1. The van der Waals surface area contributed by atoms with E-state index < -0.39 is 0 Å². The summed E-state index contributed by atoms with van der Waals surface area (Å²) in [6, 6.07) is 16.6. The van der Waals surface area contributed by atoms with Crippen LogP contribution in [0.3, 0.4) is 0 Å². The molecule has 2 fully saturated rings. The van der Waals surface area contributed by atoms with Gasteiger partial charge < -0.3 is 10.2 Å². The maximum atomic E-state index is 12.8. The lowest BCUT2D eigenvalue weighted by molar-refractivity contribution is -0.135. The van der Waals surface area contributed by atoms with Crippen molar-refractivity contribution in [1.82, 2.24) is 4.90 Å². The number of anilines is 1. The minimum atomic E-state index is -0.176. The van der Waals surface area contributed by atoms with Gasteiger partial charge in [-0.25, -0.2) is 0 Å². The Kier molecular flexibility index (Phi) is 5.70. The second kappa shape index (κ2) is 8.40. The van der Waals surface area contributed by atoms with Crippen LogP contribution in [-0.4, -0.2) is 29.8 Å². The first-order valence-corrected chi connectivity index (χ1v) is 10.7. The maximum Gasteiger partial charge on any atom is 0.228 e. The van der Waals surface area contributed by atoms with E-state index in [0.29, 0.717) is 12.3 Å². The second-order valence-corrected chi connectivity index (χ2v) is 8.77. The molecule has 0 radical (unpaired) electrons. The van der Waals surface area contributed by atoms with Crippen molar-refractivity contribution in [2.45, 2.75) is 39.5 Å². The molecule has 1 aliphatic heterocycles. The summed E-state index contributed by atoms with van der Waals surface area (Å²) in [6.07, 6.45) is 3.87. The van der Waals surface area contributed by atoms with E-state index in [0.717, 1.165) is 49.2 Å². The van der Waals surface area contributed by atoms with E-state index >= 15 is 0 Å². The first kappa shape index (κ1) is 19.7. The second-order valence-electron chi connectivity index (χ2n) is 8.77. The lowest BCUT2D eigenvalue weighted by Crippen LogP contribution is -2.40. The van der Waals surface area contributed by atoms with Crippen LogP contribution in [-0.2, 0) is 16.0 Å². The Balaban J connectivity index is 1.25. The Morgan fingerprint density at radius 3 is 2.28 bits per heavy atom. The molecular weight excluding hydrogens is 360 g/mol. The molecule has 2 aromatic rings. The summed E-state index contributed by atoms with van der Waals surface area (Å²) in [4.78, 5) is 27.4. The average Bonchev–Trinajstić information content (AvgIpc) is 3.49. The molecule has 2 amide bonds. The SMILES string of the molecule is Cc1cc(C)cc(NC(=O)C2CC2C(=O)N2CCC(Cc3ccccc3)CC2)c1. The molecular formula is C25H30N2O2. The van der Waals surface area contributed by atoms with Gasteiger partial charge in [0.25, 0.3) is 0 Å². The van der Waals surface area contributed by atoms with Crippen LogP contribution in [0.4, 0.5) is 5.69 Å². The number of aryl methyl sites for hydroxylation is 2. The Morgan fingerprint density at radius 1 is 0.966 bits per heavy atom. The molecule has 1 heterocycles. The standard InChI is InChI=1S/C25H30N2O2/c1-17-12-18(2)14-21(13-17)26-24(28)22-16-23(22)25(29)27-10-8-20(9-11-27)15-19-6-4-3-5-7-19/h3-7,12-14,20,22-23H,8-11,15-16H2,1-2H3,(H,26,28). The third-order valence-corrected chi connectivity index (χ3v) is 6.23. The Bertz CT molecular complexity index is 865. The third-order valence-electron chi connectivity index (χ3n) is 6.23. The smallest absolute Gasteiger partial charge is 0.228 e. The van der Waals surface area contributed by atoms with Crippen LogP contribution in [0.5, 0.6) is 0 Å². The molecule has 0 bridgehead atoms. The molecule has 0 spiro atoms. The fourth-order valence-corrected chi connectivity index (χ4v) is 4.58. The van der Waals surface area contributed by atoms with Crippen LogP contribution >= 0.6 is 0 Å². The molecule has 2 aromatic carbocycles. The van der Waals surface area contributed by atoms with Gasteiger partial charge in [0.05, 0.1) is 11.8 Å². The number of nitrogens with zero attached hydrogens (tertiary/aromatic N) is 1. The van der Waals surface area contributed by atoms with E-state index in [-0.39, 0.29) is 23.7 Å². The molecule has 1 saturated carbocycles. The van der Waals surface area contributed by atoms with Crippen molar-refractivity contribution in [3.63, 3.8) is 0 Å². The normalized spacial score (nSPS) is 21.7. The zero-order chi connectivity index (χ0) is 20.4. The summed E-state index contributed by atoms with van der Waals surface area (Å²) in [7, 11) is 0. The number of hydrogen-bond acceptors (Lipinski definition) is 2. The number of amides is 2. The summed E-state index contributed by atoms with van der Waals surface area (Å²) in [5.74, 6) is 0.484.